The van der Waals surface area contributed by atoms with Gasteiger partial charge in [0.1, 0.15) is 18.2 Å². The maximum Gasteiger partial charge on any atom is 0.338 e. The fourth-order valence-electron chi connectivity index (χ4n) is 2.40. The first-order chi connectivity index (χ1) is 13.0. The monoisotopic (exact) mass is 367 g/mol. The Bertz CT molecular complexity index is 974. The summed E-state index contributed by atoms with van der Waals surface area (Å²) in [5.41, 5.74) is 0.908. The Balaban J connectivity index is 1.68. The largest absolute Gasteiger partial charge is 0.457 e. The number of rotatable bonds is 5. The van der Waals surface area contributed by atoms with Gasteiger partial charge >= 0.3 is 5.97 Å². The van der Waals surface area contributed by atoms with Gasteiger partial charge in [-0.3, -0.25) is 4.79 Å². The second-order valence-electron chi connectivity index (χ2n) is 5.72. The summed E-state index contributed by atoms with van der Waals surface area (Å²) in [6.07, 6.45) is 0. The topological polar surface area (TPSA) is 55.4 Å². The number of ether oxygens (including phenoxy) is 1. The lowest BCUT2D eigenvalue weighted by Gasteiger charge is -2.09. The summed E-state index contributed by atoms with van der Waals surface area (Å²) in [5.74, 6) is -2.94. The molecule has 0 aromatic heterocycles. The van der Waals surface area contributed by atoms with Crippen molar-refractivity contribution < 1.29 is 23.1 Å². The van der Waals surface area contributed by atoms with Gasteiger partial charge in [-0.2, -0.15) is 0 Å². The molecule has 1 amide bonds. The number of esters is 1. The second kappa shape index (κ2) is 8.23. The van der Waals surface area contributed by atoms with Gasteiger partial charge in [-0.05, 0) is 42.0 Å². The Kier molecular flexibility index (Phi) is 5.56. The van der Waals surface area contributed by atoms with Gasteiger partial charge in [0.2, 0.25) is 0 Å². The maximum atomic E-state index is 13.7. The van der Waals surface area contributed by atoms with Crippen LogP contribution in [0.1, 0.15) is 26.3 Å². The van der Waals surface area contributed by atoms with Crippen LogP contribution in [-0.4, -0.2) is 11.9 Å². The first-order valence-corrected chi connectivity index (χ1v) is 8.10. The summed E-state index contributed by atoms with van der Waals surface area (Å²) in [7, 11) is 0. The van der Waals surface area contributed by atoms with Crippen LogP contribution in [0.2, 0.25) is 0 Å². The molecule has 0 radical (unpaired) electrons. The van der Waals surface area contributed by atoms with E-state index in [1.54, 1.807) is 6.07 Å². The molecule has 0 saturated carbocycles. The zero-order chi connectivity index (χ0) is 19.2. The summed E-state index contributed by atoms with van der Waals surface area (Å²) in [4.78, 5) is 24.3. The molecule has 0 aliphatic rings. The lowest BCUT2D eigenvalue weighted by atomic mass is 10.1. The Morgan fingerprint density at radius 1 is 0.889 bits per heavy atom. The van der Waals surface area contributed by atoms with E-state index in [0.717, 1.165) is 23.8 Å². The molecule has 0 heterocycles. The number of anilines is 1. The van der Waals surface area contributed by atoms with Crippen LogP contribution < -0.4 is 5.32 Å². The van der Waals surface area contributed by atoms with Crippen LogP contribution in [0.5, 0.6) is 0 Å². The first kappa shape index (κ1) is 18.3. The SMILES string of the molecule is O=C(OCc1ccccc1)c1cccc(NC(=O)c2cc(F)ccc2F)c1. The third-order valence-corrected chi connectivity index (χ3v) is 3.74. The van der Waals surface area contributed by atoms with E-state index in [0.29, 0.717) is 0 Å². The van der Waals surface area contributed by atoms with E-state index in [-0.39, 0.29) is 17.9 Å². The van der Waals surface area contributed by atoms with Crippen molar-refractivity contribution in [2.45, 2.75) is 6.61 Å². The van der Waals surface area contributed by atoms with Crippen LogP contribution in [-0.2, 0) is 11.3 Å². The minimum absolute atomic E-state index is 0.116. The third-order valence-electron chi connectivity index (χ3n) is 3.74. The smallest absolute Gasteiger partial charge is 0.338 e. The van der Waals surface area contributed by atoms with E-state index in [2.05, 4.69) is 5.32 Å². The number of carbonyl (C=O) groups is 2. The van der Waals surface area contributed by atoms with Crippen molar-refractivity contribution in [3.63, 3.8) is 0 Å². The molecule has 27 heavy (non-hydrogen) atoms. The maximum absolute atomic E-state index is 13.7. The quantitative estimate of drug-likeness (QED) is 0.672. The Morgan fingerprint density at radius 2 is 1.67 bits per heavy atom. The predicted octanol–water partition coefficient (Wildman–Crippen LogP) is 4.57. The molecule has 0 saturated heterocycles. The van der Waals surface area contributed by atoms with Crippen LogP contribution in [0.4, 0.5) is 14.5 Å². The molecule has 1 N–H and O–H groups in total. The highest BCUT2D eigenvalue weighted by atomic mass is 19.1. The van der Waals surface area contributed by atoms with Crippen molar-refractivity contribution in [2.75, 3.05) is 5.32 Å². The summed E-state index contributed by atoms with van der Waals surface area (Å²) in [5, 5.41) is 2.44. The van der Waals surface area contributed by atoms with Gasteiger partial charge in [0.05, 0.1) is 11.1 Å². The highest BCUT2D eigenvalue weighted by molar-refractivity contribution is 6.05. The highest BCUT2D eigenvalue weighted by Crippen LogP contribution is 2.16. The van der Waals surface area contributed by atoms with Crippen molar-refractivity contribution in [1.82, 2.24) is 0 Å². The molecule has 0 fully saturated rings. The van der Waals surface area contributed by atoms with Crippen molar-refractivity contribution in [1.29, 1.82) is 0 Å². The van der Waals surface area contributed by atoms with Crippen LogP contribution in [0.3, 0.4) is 0 Å². The molecule has 3 aromatic carbocycles. The zero-order valence-corrected chi connectivity index (χ0v) is 14.1. The number of carbonyl (C=O) groups excluding carboxylic acids is 2. The molecule has 3 aromatic rings. The highest BCUT2D eigenvalue weighted by Gasteiger charge is 2.14. The first-order valence-electron chi connectivity index (χ1n) is 8.10. The van der Waals surface area contributed by atoms with Crippen LogP contribution in [0.15, 0.2) is 72.8 Å². The van der Waals surface area contributed by atoms with Gasteiger partial charge in [0.15, 0.2) is 0 Å². The van der Waals surface area contributed by atoms with E-state index >= 15 is 0 Å². The van der Waals surface area contributed by atoms with Crippen molar-refractivity contribution in [2.24, 2.45) is 0 Å². The summed E-state index contributed by atoms with van der Waals surface area (Å²) >= 11 is 0. The number of nitrogens with one attached hydrogen (secondary N) is 1. The molecule has 6 heteroatoms. The summed E-state index contributed by atoms with van der Waals surface area (Å²) in [6.45, 7) is 0.116. The van der Waals surface area contributed by atoms with Gasteiger partial charge < -0.3 is 10.1 Å². The predicted molar refractivity (Wildman–Crippen MR) is 96.3 cm³/mol. The van der Waals surface area contributed by atoms with Gasteiger partial charge in [0, 0.05) is 5.69 Å². The number of amides is 1. The van der Waals surface area contributed by atoms with E-state index in [9.17, 15) is 18.4 Å². The zero-order valence-electron chi connectivity index (χ0n) is 14.1. The molecule has 136 valence electrons. The van der Waals surface area contributed by atoms with Crippen molar-refractivity contribution in [3.8, 4) is 0 Å². The van der Waals surface area contributed by atoms with E-state index in [1.165, 1.54) is 18.2 Å². The lowest BCUT2D eigenvalue weighted by molar-refractivity contribution is 0.0472. The van der Waals surface area contributed by atoms with E-state index < -0.39 is 29.1 Å². The van der Waals surface area contributed by atoms with Gasteiger partial charge in [-0.1, -0.05) is 36.4 Å². The Labute approximate surface area is 154 Å². The molecule has 0 atom stereocenters. The molecule has 4 nitrogen and oxygen atoms in total. The molecule has 0 unspecified atom stereocenters. The van der Waals surface area contributed by atoms with Gasteiger partial charge in [0.25, 0.3) is 5.91 Å². The molecule has 3 rings (SSSR count). The average Bonchev–Trinajstić information content (AvgIpc) is 2.69. The standard InChI is InChI=1S/C21H15F2NO3/c22-16-9-10-19(23)18(12-16)20(25)24-17-8-4-7-15(11-17)21(26)27-13-14-5-2-1-3-6-14/h1-12H,13H2,(H,24,25). The summed E-state index contributed by atoms with van der Waals surface area (Å²) < 4.78 is 32.2. The summed E-state index contributed by atoms with van der Waals surface area (Å²) in [6, 6.07) is 17.8. The van der Waals surface area contributed by atoms with Gasteiger partial charge in [-0.25, -0.2) is 13.6 Å². The normalized spacial score (nSPS) is 10.3. The van der Waals surface area contributed by atoms with E-state index in [4.69, 9.17) is 4.74 Å². The average molecular weight is 367 g/mol. The second-order valence-corrected chi connectivity index (χ2v) is 5.72. The number of hydrogen-bond donors (Lipinski definition) is 1. The van der Waals surface area contributed by atoms with Crippen LogP contribution in [0, 0.1) is 11.6 Å². The lowest BCUT2D eigenvalue weighted by Crippen LogP contribution is -2.14. The van der Waals surface area contributed by atoms with Crippen molar-refractivity contribution in [3.05, 3.63) is 101 Å². The number of benzene rings is 3. The minimum Gasteiger partial charge on any atom is -0.457 e. The Hall–Kier alpha value is -3.54. The molecule has 0 bridgehead atoms. The fraction of sp³-hybridized carbons (Fsp3) is 0.0476. The molecule has 0 spiro atoms. The number of halogens is 2. The molecule has 0 aliphatic heterocycles. The van der Waals surface area contributed by atoms with Crippen LogP contribution >= 0.6 is 0 Å². The molecule has 0 aliphatic carbocycles. The Morgan fingerprint density at radius 3 is 2.44 bits per heavy atom. The minimum atomic E-state index is -0.840. The number of hydrogen-bond acceptors (Lipinski definition) is 3. The fourth-order valence-corrected chi connectivity index (χ4v) is 2.40. The van der Waals surface area contributed by atoms with Crippen LogP contribution in [0.25, 0.3) is 0 Å². The third kappa shape index (κ3) is 4.76. The van der Waals surface area contributed by atoms with E-state index in [1.807, 2.05) is 30.3 Å². The molecular weight excluding hydrogens is 352 g/mol. The van der Waals surface area contributed by atoms with Crippen molar-refractivity contribution >= 4 is 17.6 Å². The van der Waals surface area contributed by atoms with Gasteiger partial charge in [-0.15, -0.1) is 0 Å². The molecular formula is C21H15F2NO3.